The lowest BCUT2D eigenvalue weighted by Gasteiger charge is -2.10. The highest BCUT2D eigenvalue weighted by atomic mass is 19.1. The quantitative estimate of drug-likeness (QED) is 0.417. The van der Waals surface area contributed by atoms with Crippen LogP contribution in [-0.2, 0) is 12.0 Å². The zero-order valence-corrected chi connectivity index (χ0v) is 19.1. The lowest BCUT2D eigenvalue weighted by Crippen LogP contribution is -2.24. The maximum Gasteiger partial charge on any atom is 0.292 e. The standard InChI is InChI=1S/C24H24FN7O2/c1-24(2,3)23-29-21(32-34-23)22(33)28-12-14-5-4-13(10-17(14)25)16-7-9-27-20-18(16)19(30-31-20)15-6-8-26-11-15/h4-7,9-10,26H,8,11-12H2,1-3H3,(H,28,33)(H,27,30,31). The predicted octanol–water partition coefficient (Wildman–Crippen LogP) is 3.36. The molecule has 0 saturated heterocycles. The minimum Gasteiger partial charge on any atom is -0.345 e. The van der Waals surface area contributed by atoms with Crippen molar-refractivity contribution in [2.24, 2.45) is 0 Å². The van der Waals surface area contributed by atoms with E-state index in [2.05, 4.69) is 42.0 Å². The number of aromatic nitrogens is 5. The fourth-order valence-electron chi connectivity index (χ4n) is 3.82. The summed E-state index contributed by atoms with van der Waals surface area (Å²) in [6.45, 7) is 7.24. The zero-order chi connectivity index (χ0) is 23.9. The zero-order valence-electron chi connectivity index (χ0n) is 19.1. The molecule has 4 heterocycles. The molecule has 1 amide bonds. The van der Waals surface area contributed by atoms with E-state index in [0.717, 1.165) is 35.3 Å². The summed E-state index contributed by atoms with van der Waals surface area (Å²) in [6, 6.07) is 6.79. The molecule has 4 aromatic rings. The van der Waals surface area contributed by atoms with Crippen molar-refractivity contribution >= 4 is 22.5 Å². The number of halogens is 1. The summed E-state index contributed by atoms with van der Waals surface area (Å²) in [6.07, 6.45) is 3.76. The van der Waals surface area contributed by atoms with Crippen molar-refractivity contribution in [3.8, 4) is 11.1 Å². The van der Waals surface area contributed by atoms with Gasteiger partial charge in [-0.2, -0.15) is 10.1 Å². The summed E-state index contributed by atoms with van der Waals surface area (Å²) in [5.74, 6) is -0.679. The van der Waals surface area contributed by atoms with Crippen LogP contribution in [0, 0.1) is 5.82 Å². The second-order valence-corrected chi connectivity index (χ2v) is 9.18. The molecule has 0 radical (unpaired) electrons. The van der Waals surface area contributed by atoms with Crippen molar-refractivity contribution in [3.63, 3.8) is 0 Å². The van der Waals surface area contributed by atoms with Crippen molar-refractivity contribution in [2.45, 2.75) is 32.7 Å². The van der Waals surface area contributed by atoms with Crippen molar-refractivity contribution < 1.29 is 13.7 Å². The Hall–Kier alpha value is -3.92. The Labute approximate surface area is 194 Å². The van der Waals surface area contributed by atoms with E-state index in [0.29, 0.717) is 22.7 Å². The van der Waals surface area contributed by atoms with Crippen molar-refractivity contribution in [3.05, 3.63) is 65.3 Å². The highest BCUT2D eigenvalue weighted by molar-refractivity contribution is 6.00. The molecular weight excluding hydrogens is 437 g/mol. The molecule has 34 heavy (non-hydrogen) atoms. The third-order valence-corrected chi connectivity index (χ3v) is 5.66. The van der Waals surface area contributed by atoms with Crippen LogP contribution < -0.4 is 10.6 Å². The molecule has 0 bridgehead atoms. The van der Waals surface area contributed by atoms with Gasteiger partial charge < -0.3 is 15.2 Å². The van der Waals surface area contributed by atoms with Gasteiger partial charge in [0.15, 0.2) is 5.65 Å². The van der Waals surface area contributed by atoms with Gasteiger partial charge in [-0.15, -0.1) is 0 Å². The van der Waals surface area contributed by atoms with Crippen molar-refractivity contribution in [1.82, 2.24) is 36.0 Å². The lowest BCUT2D eigenvalue weighted by molar-refractivity contribution is 0.0937. The van der Waals surface area contributed by atoms with E-state index in [1.807, 2.05) is 32.9 Å². The molecular formula is C24H24FN7O2. The van der Waals surface area contributed by atoms with E-state index in [-0.39, 0.29) is 17.8 Å². The topological polar surface area (TPSA) is 122 Å². The number of pyridine rings is 1. The second-order valence-electron chi connectivity index (χ2n) is 9.18. The van der Waals surface area contributed by atoms with Crippen LogP contribution in [0.15, 0.2) is 41.1 Å². The first kappa shape index (κ1) is 21.9. The first-order chi connectivity index (χ1) is 16.3. The van der Waals surface area contributed by atoms with Gasteiger partial charge in [0.25, 0.3) is 11.7 Å². The lowest BCUT2D eigenvalue weighted by atomic mass is 9.97. The molecule has 0 unspecified atom stereocenters. The summed E-state index contributed by atoms with van der Waals surface area (Å²) in [7, 11) is 0. The molecule has 0 spiro atoms. The first-order valence-electron chi connectivity index (χ1n) is 11.0. The van der Waals surface area contributed by atoms with E-state index < -0.39 is 11.7 Å². The van der Waals surface area contributed by atoms with Gasteiger partial charge in [0, 0.05) is 36.8 Å². The number of H-pyrrole nitrogens is 1. The van der Waals surface area contributed by atoms with Gasteiger partial charge in [0.1, 0.15) is 5.82 Å². The molecule has 0 fully saturated rings. The number of nitrogens with zero attached hydrogens (tertiary/aromatic N) is 4. The summed E-state index contributed by atoms with van der Waals surface area (Å²) < 4.78 is 20.2. The Kier molecular flexibility index (Phi) is 5.45. The van der Waals surface area contributed by atoms with Gasteiger partial charge in [-0.05, 0) is 28.8 Å². The highest BCUT2D eigenvalue weighted by Crippen LogP contribution is 2.33. The minimum atomic E-state index is -0.528. The number of benzene rings is 1. The van der Waals surface area contributed by atoms with Crippen LogP contribution >= 0.6 is 0 Å². The van der Waals surface area contributed by atoms with Gasteiger partial charge >= 0.3 is 0 Å². The van der Waals surface area contributed by atoms with Gasteiger partial charge in [-0.3, -0.25) is 9.89 Å². The van der Waals surface area contributed by atoms with Crippen LogP contribution in [0.25, 0.3) is 27.7 Å². The molecule has 1 aliphatic rings. The fraction of sp³-hybridized carbons (Fsp3) is 0.292. The summed E-state index contributed by atoms with van der Waals surface area (Å²) in [5, 5.41) is 17.9. The predicted molar refractivity (Wildman–Crippen MR) is 124 cm³/mol. The number of carbonyl (C=O) groups excluding carboxylic acids is 1. The highest BCUT2D eigenvalue weighted by Gasteiger charge is 2.24. The van der Waals surface area contributed by atoms with Crippen LogP contribution in [0.3, 0.4) is 0 Å². The van der Waals surface area contributed by atoms with Crippen LogP contribution in [0.4, 0.5) is 4.39 Å². The second kappa shape index (κ2) is 8.45. The number of fused-ring (bicyclic) bond motifs is 1. The van der Waals surface area contributed by atoms with E-state index >= 15 is 4.39 Å². The smallest absolute Gasteiger partial charge is 0.292 e. The summed E-state index contributed by atoms with van der Waals surface area (Å²) in [4.78, 5) is 20.9. The number of nitrogens with one attached hydrogen (secondary N) is 3. The molecule has 1 aliphatic heterocycles. The minimum absolute atomic E-state index is 0.00832. The SMILES string of the molecule is CC(C)(C)c1nc(C(=O)NCc2ccc(-c3ccnc4n[nH]c(C5=CCNC5)c34)cc2F)no1. The van der Waals surface area contributed by atoms with Crippen LogP contribution in [0.5, 0.6) is 0 Å². The normalized spacial score (nSPS) is 13.9. The van der Waals surface area contributed by atoms with Gasteiger partial charge in [0.05, 0.1) is 11.1 Å². The Morgan fingerprint density at radius 1 is 1.26 bits per heavy atom. The van der Waals surface area contributed by atoms with E-state index in [1.165, 1.54) is 6.07 Å². The fourth-order valence-corrected chi connectivity index (χ4v) is 3.82. The first-order valence-corrected chi connectivity index (χ1v) is 11.0. The van der Waals surface area contributed by atoms with E-state index in [1.54, 1.807) is 12.3 Å². The van der Waals surface area contributed by atoms with Crippen molar-refractivity contribution in [2.75, 3.05) is 13.1 Å². The van der Waals surface area contributed by atoms with Crippen LogP contribution in [0.1, 0.15) is 48.5 Å². The Bertz CT molecular complexity index is 1410. The average molecular weight is 462 g/mol. The van der Waals surface area contributed by atoms with Gasteiger partial charge in [0.2, 0.25) is 5.89 Å². The Balaban J connectivity index is 1.37. The van der Waals surface area contributed by atoms with Crippen LogP contribution in [-0.4, -0.2) is 44.3 Å². The van der Waals surface area contributed by atoms with Gasteiger partial charge in [-0.1, -0.05) is 44.1 Å². The van der Waals surface area contributed by atoms with Crippen molar-refractivity contribution in [1.29, 1.82) is 0 Å². The molecule has 3 N–H and O–H groups in total. The molecule has 1 aromatic carbocycles. The molecule has 3 aromatic heterocycles. The van der Waals surface area contributed by atoms with Gasteiger partial charge in [-0.25, -0.2) is 9.37 Å². The number of hydrogen-bond acceptors (Lipinski definition) is 7. The maximum absolute atomic E-state index is 15.0. The maximum atomic E-state index is 15.0. The third-order valence-electron chi connectivity index (χ3n) is 5.66. The number of amides is 1. The Morgan fingerprint density at radius 3 is 2.82 bits per heavy atom. The summed E-state index contributed by atoms with van der Waals surface area (Å²) >= 11 is 0. The number of aromatic amines is 1. The monoisotopic (exact) mass is 461 g/mol. The molecule has 9 nitrogen and oxygen atoms in total. The van der Waals surface area contributed by atoms with E-state index in [4.69, 9.17) is 4.52 Å². The third kappa shape index (κ3) is 4.08. The average Bonchev–Trinajstić information content (AvgIpc) is 3.57. The number of rotatable bonds is 5. The molecule has 0 saturated carbocycles. The number of hydrogen-bond donors (Lipinski definition) is 3. The molecule has 10 heteroatoms. The largest absolute Gasteiger partial charge is 0.345 e. The molecule has 174 valence electrons. The molecule has 0 atom stereocenters. The molecule has 5 rings (SSSR count). The number of carbonyl (C=O) groups is 1. The summed E-state index contributed by atoms with van der Waals surface area (Å²) in [5.41, 5.74) is 4.07. The molecule has 0 aliphatic carbocycles. The van der Waals surface area contributed by atoms with E-state index in [9.17, 15) is 4.79 Å². The van der Waals surface area contributed by atoms with Crippen LogP contribution in [0.2, 0.25) is 0 Å². The Morgan fingerprint density at radius 2 is 2.12 bits per heavy atom.